The van der Waals surface area contributed by atoms with Crippen molar-refractivity contribution < 1.29 is 9.15 Å². The van der Waals surface area contributed by atoms with Gasteiger partial charge in [-0.15, -0.1) is 22.0 Å². The number of rotatable bonds is 10. The lowest BCUT2D eigenvalue weighted by atomic mass is 10.1. The summed E-state index contributed by atoms with van der Waals surface area (Å²) in [6.07, 6.45) is 4.39. The molecule has 4 aromatic rings. The Hall–Kier alpha value is -3.07. The molecule has 2 aromatic carbocycles. The number of benzene rings is 2. The van der Waals surface area contributed by atoms with Crippen molar-refractivity contribution in [2.45, 2.75) is 30.0 Å². The van der Waals surface area contributed by atoms with Gasteiger partial charge in [0.2, 0.25) is 5.89 Å². The number of nitrogens with one attached hydrogen (secondary N) is 1. The first-order chi connectivity index (χ1) is 16.2. The van der Waals surface area contributed by atoms with E-state index < -0.39 is 0 Å². The third kappa shape index (κ3) is 6.04. The molecule has 8 heteroatoms. The first-order valence-electron chi connectivity index (χ1n) is 10.8. The lowest BCUT2D eigenvalue weighted by Gasteiger charge is -2.10. The highest BCUT2D eigenvalue weighted by molar-refractivity contribution is 7.99. The van der Waals surface area contributed by atoms with Gasteiger partial charge in [0.15, 0.2) is 0 Å². The minimum atomic E-state index is 0.345. The number of hydrogen-bond acceptors (Lipinski definition) is 8. The van der Waals surface area contributed by atoms with E-state index in [-0.39, 0.29) is 0 Å². The Morgan fingerprint density at radius 3 is 2.36 bits per heavy atom. The van der Waals surface area contributed by atoms with E-state index in [4.69, 9.17) is 14.1 Å². The summed E-state index contributed by atoms with van der Waals surface area (Å²) < 4.78 is 11.1. The summed E-state index contributed by atoms with van der Waals surface area (Å²) in [6.45, 7) is 3.79. The predicted molar refractivity (Wildman–Crippen MR) is 131 cm³/mol. The molecule has 2 heterocycles. The Morgan fingerprint density at radius 2 is 1.64 bits per heavy atom. The van der Waals surface area contributed by atoms with Gasteiger partial charge in [-0.25, -0.2) is 4.98 Å². The Balaban J connectivity index is 1.48. The van der Waals surface area contributed by atoms with E-state index in [0.29, 0.717) is 22.7 Å². The molecule has 0 aliphatic heterocycles. The fraction of sp³-hybridized carbons (Fsp3) is 0.280. The molecule has 0 amide bonds. The molecule has 170 valence electrons. The molecular formula is C25H27N5O2S. The summed E-state index contributed by atoms with van der Waals surface area (Å²) in [5, 5.41) is 12.0. The van der Waals surface area contributed by atoms with Crippen molar-refractivity contribution in [2.75, 3.05) is 20.8 Å². The van der Waals surface area contributed by atoms with Crippen molar-refractivity contribution in [3.63, 3.8) is 0 Å². The van der Waals surface area contributed by atoms with Crippen LogP contribution in [-0.4, -0.2) is 46.2 Å². The first kappa shape index (κ1) is 23.1. The van der Waals surface area contributed by atoms with E-state index in [1.54, 1.807) is 19.5 Å². The third-order valence-corrected chi connectivity index (χ3v) is 6.26. The van der Waals surface area contributed by atoms with Crippen LogP contribution in [0.15, 0.2) is 70.2 Å². The van der Waals surface area contributed by atoms with Gasteiger partial charge in [0.1, 0.15) is 5.69 Å². The van der Waals surface area contributed by atoms with Gasteiger partial charge in [-0.1, -0.05) is 31.2 Å². The van der Waals surface area contributed by atoms with Crippen molar-refractivity contribution in [1.29, 1.82) is 0 Å². The maximum Gasteiger partial charge on any atom is 0.268 e. The summed E-state index contributed by atoms with van der Waals surface area (Å²) in [5.74, 6) is 0.801. The molecule has 0 bridgehead atoms. The van der Waals surface area contributed by atoms with E-state index in [9.17, 15) is 0 Å². The maximum absolute atomic E-state index is 5.89. The summed E-state index contributed by atoms with van der Waals surface area (Å²) in [5.41, 5.74) is 4.34. The van der Waals surface area contributed by atoms with Crippen LogP contribution in [0, 0.1) is 0 Å². The highest BCUT2D eigenvalue weighted by atomic mass is 32.2. The van der Waals surface area contributed by atoms with Gasteiger partial charge in [0.05, 0.1) is 18.1 Å². The summed E-state index contributed by atoms with van der Waals surface area (Å²) in [7, 11) is 3.66. The van der Waals surface area contributed by atoms with Gasteiger partial charge in [-0.05, 0) is 43.3 Å². The van der Waals surface area contributed by atoms with Crippen LogP contribution in [-0.2, 0) is 11.3 Å². The molecule has 0 radical (unpaired) electrons. The zero-order valence-electron chi connectivity index (χ0n) is 19.0. The number of aromatic nitrogens is 4. The molecule has 7 nitrogen and oxygen atoms in total. The van der Waals surface area contributed by atoms with Crippen LogP contribution >= 0.6 is 11.8 Å². The van der Waals surface area contributed by atoms with Crippen LogP contribution in [0.3, 0.4) is 0 Å². The average molecular weight is 462 g/mol. The SMILES string of the molecule is CNCc1ccc(-c2nnc(-c3cncc(-c4ccc(SC(C)CCOC)cc4)n3)o2)cc1. The van der Waals surface area contributed by atoms with E-state index in [1.165, 1.54) is 10.5 Å². The van der Waals surface area contributed by atoms with Crippen molar-refractivity contribution >= 4 is 11.8 Å². The molecule has 0 aliphatic rings. The highest BCUT2D eigenvalue weighted by Gasteiger charge is 2.13. The highest BCUT2D eigenvalue weighted by Crippen LogP contribution is 2.29. The Morgan fingerprint density at radius 1 is 0.939 bits per heavy atom. The molecule has 0 saturated heterocycles. The topological polar surface area (TPSA) is 86.0 Å². The lowest BCUT2D eigenvalue weighted by molar-refractivity contribution is 0.195. The molecule has 0 aliphatic carbocycles. The molecule has 0 saturated carbocycles. The second-order valence-electron chi connectivity index (χ2n) is 7.66. The van der Waals surface area contributed by atoms with Crippen LogP contribution in [0.25, 0.3) is 34.3 Å². The van der Waals surface area contributed by atoms with Gasteiger partial charge in [-0.3, -0.25) is 4.98 Å². The van der Waals surface area contributed by atoms with Gasteiger partial charge in [0, 0.05) is 41.5 Å². The molecule has 1 unspecified atom stereocenters. The average Bonchev–Trinajstić information content (AvgIpc) is 3.34. The van der Waals surface area contributed by atoms with Gasteiger partial charge < -0.3 is 14.5 Å². The van der Waals surface area contributed by atoms with Crippen molar-refractivity contribution in [1.82, 2.24) is 25.5 Å². The van der Waals surface area contributed by atoms with Crippen molar-refractivity contribution in [3.8, 4) is 34.3 Å². The zero-order chi connectivity index (χ0) is 23.0. The molecule has 1 atom stereocenters. The third-order valence-electron chi connectivity index (χ3n) is 5.08. The fourth-order valence-corrected chi connectivity index (χ4v) is 4.27. The van der Waals surface area contributed by atoms with Crippen LogP contribution < -0.4 is 5.32 Å². The molecular weight excluding hydrogens is 434 g/mol. The monoisotopic (exact) mass is 461 g/mol. The second kappa shape index (κ2) is 11.2. The summed E-state index contributed by atoms with van der Waals surface area (Å²) >= 11 is 1.84. The Bertz CT molecular complexity index is 1160. The van der Waals surface area contributed by atoms with Crippen LogP contribution in [0.1, 0.15) is 18.9 Å². The summed E-state index contributed by atoms with van der Waals surface area (Å²) in [4.78, 5) is 10.3. The fourth-order valence-electron chi connectivity index (χ4n) is 3.30. The van der Waals surface area contributed by atoms with Crippen LogP contribution in [0.5, 0.6) is 0 Å². The Kier molecular flexibility index (Phi) is 7.83. The molecule has 1 N–H and O–H groups in total. The first-order valence-corrected chi connectivity index (χ1v) is 11.7. The maximum atomic E-state index is 5.89. The number of methoxy groups -OCH3 is 1. The largest absolute Gasteiger partial charge is 0.415 e. The Labute approximate surface area is 198 Å². The molecule has 0 fully saturated rings. The lowest BCUT2D eigenvalue weighted by Crippen LogP contribution is -2.04. The van der Waals surface area contributed by atoms with E-state index in [2.05, 4.69) is 51.7 Å². The molecule has 0 spiro atoms. The van der Waals surface area contributed by atoms with Crippen LogP contribution in [0.2, 0.25) is 0 Å². The normalized spacial score (nSPS) is 12.1. The minimum Gasteiger partial charge on any atom is -0.415 e. The number of hydrogen-bond donors (Lipinski definition) is 1. The minimum absolute atomic E-state index is 0.345. The zero-order valence-corrected chi connectivity index (χ0v) is 19.8. The summed E-state index contributed by atoms with van der Waals surface area (Å²) in [6, 6.07) is 16.4. The van der Waals surface area contributed by atoms with Crippen molar-refractivity contribution in [2.24, 2.45) is 0 Å². The van der Waals surface area contributed by atoms with Crippen LogP contribution in [0.4, 0.5) is 0 Å². The standard InChI is InChI=1S/C25H27N5O2S/c1-17(12-13-31-3)33-21-10-8-19(9-11-21)22-15-27-16-23(28-22)25-30-29-24(32-25)20-6-4-18(5-7-20)14-26-2/h4-11,15-17,26H,12-14H2,1-3H3. The predicted octanol–water partition coefficient (Wildman–Crippen LogP) is 5.10. The van der Waals surface area contributed by atoms with Gasteiger partial charge in [0.25, 0.3) is 5.89 Å². The quantitative estimate of drug-likeness (QED) is 0.327. The van der Waals surface area contributed by atoms with E-state index in [1.807, 2.05) is 43.1 Å². The molecule has 4 rings (SSSR count). The number of nitrogens with zero attached hydrogens (tertiary/aromatic N) is 4. The number of thioether (sulfide) groups is 1. The molecule has 33 heavy (non-hydrogen) atoms. The van der Waals surface area contributed by atoms with E-state index >= 15 is 0 Å². The number of ether oxygens (including phenoxy) is 1. The second-order valence-corrected chi connectivity index (χ2v) is 9.18. The van der Waals surface area contributed by atoms with Gasteiger partial charge in [-0.2, -0.15) is 0 Å². The van der Waals surface area contributed by atoms with E-state index in [0.717, 1.165) is 36.4 Å². The van der Waals surface area contributed by atoms with Crippen molar-refractivity contribution in [3.05, 3.63) is 66.5 Å². The van der Waals surface area contributed by atoms with Gasteiger partial charge >= 0.3 is 0 Å². The smallest absolute Gasteiger partial charge is 0.268 e. The molecule has 2 aromatic heterocycles.